The number of hydrogen-bond acceptors (Lipinski definition) is 4. The maximum absolute atomic E-state index is 14.0. The highest BCUT2D eigenvalue weighted by atomic mass is 19.2. The van der Waals surface area contributed by atoms with Crippen molar-refractivity contribution in [3.8, 4) is 17.2 Å². The van der Waals surface area contributed by atoms with Gasteiger partial charge in [0.25, 0.3) is 0 Å². The molecule has 3 aliphatic rings. The summed E-state index contributed by atoms with van der Waals surface area (Å²) in [6.45, 7) is 0.765. The molecule has 2 aliphatic heterocycles. The molecule has 1 fully saturated rings. The first-order chi connectivity index (χ1) is 17.5. The Morgan fingerprint density at radius 1 is 1.00 bits per heavy atom. The number of ether oxygens (including phenoxy) is 2. The minimum absolute atomic E-state index is 0.0475. The highest BCUT2D eigenvalue weighted by Gasteiger charge is 2.40. The molecule has 6 rings (SSSR count). The number of rotatable bonds is 3. The summed E-state index contributed by atoms with van der Waals surface area (Å²) < 4.78 is 39.2. The summed E-state index contributed by atoms with van der Waals surface area (Å²) in [6, 6.07) is 19.5. The van der Waals surface area contributed by atoms with E-state index in [9.17, 15) is 18.8 Å². The van der Waals surface area contributed by atoms with E-state index in [1.54, 1.807) is 11.0 Å². The number of halogens is 2. The Morgan fingerprint density at radius 2 is 1.67 bits per heavy atom. The first-order valence-electron chi connectivity index (χ1n) is 11.9. The molecule has 2 unspecified atom stereocenters. The molecule has 2 bridgehead atoms. The summed E-state index contributed by atoms with van der Waals surface area (Å²) in [5.74, 6) is -2.12. The molecule has 36 heavy (non-hydrogen) atoms. The van der Waals surface area contributed by atoms with Gasteiger partial charge in [-0.15, -0.1) is 0 Å². The number of nitrogens with zero attached hydrogens (tertiary/aromatic N) is 2. The molecule has 2 heterocycles. The van der Waals surface area contributed by atoms with Gasteiger partial charge in [-0.25, -0.2) is 13.6 Å². The first kappa shape index (κ1) is 22.4. The molecule has 3 aromatic rings. The van der Waals surface area contributed by atoms with Crippen LogP contribution in [0.3, 0.4) is 0 Å². The predicted molar refractivity (Wildman–Crippen MR) is 129 cm³/mol. The Labute approximate surface area is 207 Å². The largest absolute Gasteiger partial charge is 0.448 e. The average Bonchev–Trinajstić information content (AvgIpc) is 3.21. The van der Waals surface area contributed by atoms with Crippen LogP contribution in [0.25, 0.3) is 16.7 Å². The SMILES string of the molecule is N#Cc1cc(F)c(F)cc1C1=CC2COCC(C1)N2C(=O)OCC1c2ccccc2-c2ccccc21. The quantitative estimate of drug-likeness (QED) is 0.483. The van der Waals surface area contributed by atoms with Gasteiger partial charge in [0.15, 0.2) is 11.6 Å². The number of carbonyl (C=O) groups excluding carboxylic acids is 1. The van der Waals surface area contributed by atoms with Crippen molar-refractivity contribution in [2.24, 2.45) is 0 Å². The van der Waals surface area contributed by atoms with Crippen LogP contribution in [0.15, 0.2) is 66.7 Å². The summed E-state index contributed by atoms with van der Waals surface area (Å²) in [5, 5.41) is 9.45. The summed E-state index contributed by atoms with van der Waals surface area (Å²) in [7, 11) is 0. The standard InChI is InChI=1S/C29H22F2N2O3/c30-27-11-18(13-32)25(12-28(27)31)17-9-19-14-35-15-20(10-17)33(19)29(34)36-16-26-23-7-3-1-5-21(23)22-6-2-4-8-24(22)26/h1-9,11-12,19-20,26H,10,14-16H2. The van der Waals surface area contributed by atoms with Crippen LogP contribution in [0, 0.1) is 23.0 Å². The summed E-state index contributed by atoms with van der Waals surface area (Å²) in [4.78, 5) is 15.0. The number of morpholine rings is 1. The zero-order chi connectivity index (χ0) is 24.8. The van der Waals surface area contributed by atoms with Crippen molar-refractivity contribution >= 4 is 11.7 Å². The monoisotopic (exact) mass is 484 g/mol. The van der Waals surface area contributed by atoms with Crippen LogP contribution in [-0.4, -0.2) is 42.9 Å². The molecular formula is C29H22F2N2O3. The Hall–Kier alpha value is -4.02. The Balaban J connectivity index is 1.24. The van der Waals surface area contributed by atoms with E-state index in [1.165, 1.54) is 0 Å². The fraction of sp³-hybridized carbons (Fsp3) is 0.241. The zero-order valence-corrected chi connectivity index (χ0v) is 19.3. The average molecular weight is 485 g/mol. The maximum atomic E-state index is 14.0. The predicted octanol–water partition coefficient (Wildman–Crippen LogP) is 5.64. The highest BCUT2D eigenvalue weighted by Crippen LogP contribution is 2.44. The normalized spacial score (nSPS) is 20.2. The van der Waals surface area contributed by atoms with Crippen molar-refractivity contribution in [2.45, 2.75) is 24.4 Å². The van der Waals surface area contributed by atoms with Crippen molar-refractivity contribution in [2.75, 3.05) is 19.8 Å². The fourth-order valence-corrected chi connectivity index (χ4v) is 5.65. The van der Waals surface area contributed by atoms with E-state index in [1.807, 2.05) is 30.3 Å². The third kappa shape index (κ3) is 3.66. The number of nitriles is 1. The van der Waals surface area contributed by atoms with Gasteiger partial charge in [-0.1, -0.05) is 54.6 Å². The van der Waals surface area contributed by atoms with Crippen LogP contribution >= 0.6 is 0 Å². The van der Waals surface area contributed by atoms with Gasteiger partial charge in [0, 0.05) is 5.92 Å². The third-order valence-electron chi connectivity index (χ3n) is 7.27. The first-order valence-corrected chi connectivity index (χ1v) is 11.9. The smallest absolute Gasteiger partial charge is 0.410 e. The van der Waals surface area contributed by atoms with Crippen LogP contribution < -0.4 is 0 Å². The number of fused-ring (bicyclic) bond motifs is 5. The molecule has 3 aromatic carbocycles. The molecule has 0 aromatic heterocycles. The zero-order valence-electron chi connectivity index (χ0n) is 19.3. The molecule has 1 aliphatic carbocycles. The Kier molecular flexibility index (Phi) is 5.54. The van der Waals surface area contributed by atoms with Crippen molar-refractivity contribution in [3.05, 3.63) is 101 Å². The van der Waals surface area contributed by atoms with Gasteiger partial charge in [0.1, 0.15) is 6.61 Å². The molecule has 7 heteroatoms. The molecule has 5 nitrogen and oxygen atoms in total. The van der Waals surface area contributed by atoms with Crippen LogP contribution in [-0.2, 0) is 9.47 Å². The van der Waals surface area contributed by atoms with Gasteiger partial charge < -0.3 is 9.47 Å². The van der Waals surface area contributed by atoms with E-state index in [0.717, 1.165) is 34.4 Å². The summed E-state index contributed by atoms with van der Waals surface area (Å²) in [5.41, 5.74) is 5.70. The highest BCUT2D eigenvalue weighted by molar-refractivity contribution is 5.80. The lowest BCUT2D eigenvalue weighted by atomic mass is 9.88. The van der Waals surface area contributed by atoms with E-state index in [2.05, 4.69) is 24.3 Å². The maximum Gasteiger partial charge on any atom is 0.410 e. The molecule has 180 valence electrons. The lowest BCUT2D eigenvalue weighted by Crippen LogP contribution is -2.56. The summed E-state index contributed by atoms with van der Waals surface area (Å²) >= 11 is 0. The number of amides is 1. The Morgan fingerprint density at radius 3 is 2.33 bits per heavy atom. The third-order valence-corrected chi connectivity index (χ3v) is 7.27. The van der Waals surface area contributed by atoms with Crippen LogP contribution in [0.2, 0.25) is 0 Å². The summed E-state index contributed by atoms with van der Waals surface area (Å²) in [6.07, 6.45) is 1.71. The van der Waals surface area contributed by atoms with Crippen molar-refractivity contribution < 1.29 is 23.0 Å². The molecule has 0 radical (unpaired) electrons. The lowest BCUT2D eigenvalue weighted by molar-refractivity contribution is -0.0331. The lowest BCUT2D eigenvalue weighted by Gasteiger charge is -2.44. The minimum Gasteiger partial charge on any atom is -0.448 e. The Bertz CT molecular complexity index is 1400. The fourth-order valence-electron chi connectivity index (χ4n) is 5.65. The second-order valence-corrected chi connectivity index (χ2v) is 9.29. The van der Waals surface area contributed by atoms with Gasteiger partial charge in [-0.2, -0.15) is 5.26 Å². The van der Waals surface area contributed by atoms with Gasteiger partial charge in [0.05, 0.1) is 36.9 Å². The molecule has 2 atom stereocenters. The van der Waals surface area contributed by atoms with E-state index >= 15 is 0 Å². The number of hydrogen-bond donors (Lipinski definition) is 0. The van der Waals surface area contributed by atoms with E-state index in [4.69, 9.17) is 9.47 Å². The van der Waals surface area contributed by atoms with Gasteiger partial charge in [-0.3, -0.25) is 4.90 Å². The number of benzene rings is 3. The van der Waals surface area contributed by atoms with Crippen LogP contribution in [0.1, 0.15) is 34.6 Å². The van der Waals surface area contributed by atoms with Gasteiger partial charge in [-0.05, 0) is 51.9 Å². The molecule has 0 N–H and O–H groups in total. The topological polar surface area (TPSA) is 62.6 Å². The van der Waals surface area contributed by atoms with E-state index < -0.39 is 23.8 Å². The van der Waals surface area contributed by atoms with Crippen molar-refractivity contribution in [1.82, 2.24) is 4.90 Å². The van der Waals surface area contributed by atoms with E-state index in [0.29, 0.717) is 24.2 Å². The van der Waals surface area contributed by atoms with Gasteiger partial charge in [0.2, 0.25) is 0 Å². The second kappa shape index (κ2) is 8.89. The molecule has 0 saturated carbocycles. The minimum atomic E-state index is -1.06. The van der Waals surface area contributed by atoms with E-state index in [-0.39, 0.29) is 30.7 Å². The number of carbonyl (C=O) groups is 1. The molecule has 1 saturated heterocycles. The molecule has 1 amide bonds. The van der Waals surface area contributed by atoms with Crippen molar-refractivity contribution in [3.63, 3.8) is 0 Å². The van der Waals surface area contributed by atoms with Crippen LogP contribution in [0.4, 0.5) is 13.6 Å². The molecular weight excluding hydrogens is 462 g/mol. The van der Waals surface area contributed by atoms with Crippen LogP contribution in [0.5, 0.6) is 0 Å². The van der Waals surface area contributed by atoms with Gasteiger partial charge >= 0.3 is 6.09 Å². The second-order valence-electron chi connectivity index (χ2n) is 9.29. The molecule has 0 spiro atoms. The van der Waals surface area contributed by atoms with Crippen molar-refractivity contribution in [1.29, 1.82) is 5.26 Å².